The van der Waals surface area contributed by atoms with E-state index in [1.54, 1.807) is 6.20 Å². The van der Waals surface area contributed by atoms with E-state index < -0.39 is 0 Å². The molecule has 3 heterocycles. The number of benzene rings is 1. The number of rotatable bonds is 4. The van der Waals surface area contributed by atoms with Crippen LogP contribution in [-0.2, 0) is 0 Å². The number of pyridine rings is 1. The van der Waals surface area contributed by atoms with Crippen molar-refractivity contribution in [3.8, 4) is 5.75 Å². The second-order valence-corrected chi connectivity index (χ2v) is 8.25. The molecule has 154 valence electrons. The maximum Gasteiger partial charge on any atom is 0.257 e. The molecule has 0 bridgehead atoms. The van der Waals surface area contributed by atoms with E-state index in [0.717, 1.165) is 69.0 Å². The molecular weight excluding hydrogens is 362 g/mol. The van der Waals surface area contributed by atoms with E-state index in [2.05, 4.69) is 41.9 Å². The van der Waals surface area contributed by atoms with Crippen LogP contribution in [0.1, 0.15) is 53.6 Å². The molecule has 1 aromatic heterocycles. The molecule has 29 heavy (non-hydrogen) atoms. The maximum absolute atomic E-state index is 13.1. The van der Waals surface area contributed by atoms with Gasteiger partial charge in [-0.3, -0.25) is 4.79 Å². The zero-order chi connectivity index (χ0) is 20.2. The van der Waals surface area contributed by atoms with Crippen molar-refractivity contribution in [2.45, 2.75) is 52.1 Å². The van der Waals surface area contributed by atoms with E-state index in [4.69, 9.17) is 4.74 Å². The molecule has 1 aromatic carbocycles. The molecule has 2 saturated heterocycles. The van der Waals surface area contributed by atoms with Crippen molar-refractivity contribution in [3.05, 3.63) is 53.2 Å². The van der Waals surface area contributed by atoms with Gasteiger partial charge in [0.2, 0.25) is 0 Å². The number of carbonyl (C=O) groups is 1. The fourth-order valence-corrected chi connectivity index (χ4v) is 4.42. The number of aryl methyl sites for hydroxylation is 2. The fourth-order valence-electron chi connectivity index (χ4n) is 4.42. The van der Waals surface area contributed by atoms with Crippen molar-refractivity contribution >= 4 is 11.7 Å². The SMILES string of the molecule is Cc1cccc(C)c1OC1CCN(c2ncccc2C(=O)N2CCCCC2)CC1. The Hall–Kier alpha value is -2.56. The number of hydrogen-bond acceptors (Lipinski definition) is 4. The van der Waals surface area contributed by atoms with Crippen LogP contribution in [0.4, 0.5) is 5.82 Å². The van der Waals surface area contributed by atoms with Crippen LogP contribution in [0.5, 0.6) is 5.75 Å². The Morgan fingerprint density at radius 1 is 0.966 bits per heavy atom. The first-order valence-electron chi connectivity index (χ1n) is 10.9. The molecule has 2 fully saturated rings. The summed E-state index contributed by atoms with van der Waals surface area (Å²) in [5, 5.41) is 0. The third-order valence-electron chi connectivity index (χ3n) is 6.10. The number of likely N-dealkylation sites (tertiary alicyclic amines) is 1. The fraction of sp³-hybridized carbons (Fsp3) is 0.500. The number of aromatic nitrogens is 1. The lowest BCUT2D eigenvalue weighted by Gasteiger charge is -2.35. The Kier molecular flexibility index (Phi) is 6.02. The molecule has 0 radical (unpaired) electrons. The summed E-state index contributed by atoms with van der Waals surface area (Å²) in [7, 11) is 0. The van der Waals surface area contributed by atoms with E-state index in [1.165, 1.54) is 17.5 Å². The van der Waals surface area contributed by atoms with Crippen molar-refractivity contribution < 1.29 is 9.53 Å². The first kappa shape index (κ1) is 19.7. The van der Waals surface area contributed by atoms with Crippen LogP contribution in [0, 0.1) is 13.8 Å². The van der Waals surface area contributed by atoms with Crippen molar-refractivity contribution in [3.63, 3.8) is 0 Å². The van der Waals surface area contributed by atoms with Crippen LogP contribution in [-0.4, -0.2) is 48.1 Å². The number of hydrogen-bond donors (Lipinski definition) is 0. The number of piperidine rings is 2. The van der Waals surface area contributed by atoms with Crippen LogP contribution in [0.3, 0.4) is 0 Å². The normalized spacial score (nSPS) is 18.0. The number of ether oxygens (including phenoxy) is 1. The lowest BCUT2D eigenvalue weighted by Crippen LogP contribution is -2.41. The molecule has 0 atom stereocenters. The molecule has 0 N–H and O–H groups in total. The average Bonchev–Trinajstić information content (AvgIpc) is 2.77. The number of carbonyl (C=O) groups excluding carboxylic acids is 1. The monoisotopic (exact) mass is 393 g/mol. The number of nitrogens with zero attached hydrogens (tertiary/aromatic N) is 3. The Bertz CT molecular complexity index is 833. The molecule has 1 amide bonds. The maximum atomic E-state index is 13.1. The van der Waals surface area contributed by atoms with Crippen LogP contribution in [0.15, 0.2) is 36.5 Å². The summed E-state index contributed by atoms with van der Waals surface area (Å²) in [6, 6.07) is 10.1. The second-order valence-electron chi connectivity index (χ2n) is 8.25. The summed E-state index contributed by atoms with van der Waals surface area (Å²) in [6.45, 7) is 7.63. The lowest BCUT2D eigenvalue weighted by atomic mass is 10.0. The molecule has 0 unspecified atom stereocenters. The minimum Gasteiger partial charge on any atom is -0.490 e. The van der Waals surface area contributed by atoms with Gasteiger partial charge in [0.15, 0.2) is 0 Å². The molecular formula is C24H31N3O2. The van der Waals surface area contributed by atoms with Gasteiger partial charge in [0, 0.05) is 45.2 Å². The van der Waals surface area contributed by atoms with Crippen molar-refractivity contribution in [1.82, 2.24) is 9.88 Å². The Balaban J connectivity index is 1.43. The highest BCUT2D eigenvalue weighted by atomic mass is 16.5. The summed E-state index contributed by atoms with van der Waals surface area (Å²) in [5.41, 5.74) is 3.11. The van der Waals surface area contributed by atoms with Crippen LogP contribution >= 0.6 is 0 Å². The lowest BCUT2D eigenvalue weighted by molar-refractivity contribution is 0.0724. The largest absolute Gasteiger partial charge is 0.490 e. The standard InChI is InChI=1S/C24H31N3O2/c1-18-8-6-9-19(2)22(18)29-20-11-16-26(17-12-20)23-21(10-7-13-25-23)24(28)27-14-4-3-5-15-27/h6-10,13,20H,3-5,11-12,14-17H2,1-2H3. The zero-order valence-electron chi connectivity index (χ0n) is 17.6. The topological polar surface area (TPSA) is 45.7 Å². The number of para-hydroxylation sites is 1. The molecule has 2 aliphatic heterocycles. The third kappa shape index (κ3) is 4.39. The quantitative estimate of drug-likeness (QED) is 0.774. The highest BCUT2D eigenvalue weighted by Crippen LogP contribution is 2.29. The van der Waals surface area contributed by atoms with Crippen LogP contribution in [0.2, 0.25) is 0 Å². The van der Waals surface area contributed by atoms with Crippen molar-refractivity contribution in [1.29, 1.82) is 0 Å². The highest BCUT2D eigenvalue weighted by molar-refractivity contribution is 5.99. The summed E-state index contributed by atoms with van der Waals surface area (Å²) >= 11 is 0. The minimum absolute atomic E-state index is 0.127. The van der Waals surface area contributed by atoms with Gasteiger partial charge >= 0.3 is 0 Å². The van der Waals surface area contributed by atoms with Crippen molar-refractivity contribution in [2.24, 2.45) is 0 Å². The molecule has 5 nitrogen and oxygen atoms in total. The molecule has 0 aliphatic carbocycles. The first-order chi connectivity index (χ1) is 14.1. The van der Waals surface area contributed by atoms with Gasteiger partial charge in [-0.1, -0.05) is 18.2 Å². The van der Waals surface area contributed by atoms with Crippen LogP contribution < -0.4 is 9.64 Å². The molecule has 4 rings (SSSR count). The van der Waals surface area contributed by atoms with Crippen molar-refractivity contribution in [2.75, 3.05) is 31.1 Å². The smallest absolute Gasteiger partial charge is 0.257 e. The second kappa shape index (κ2) is 8.85. The van der Waals surface area contributed by atoms with Gasteiger partial charge < -0.3 is 14.5 Å². The summed E-state index contributed by atoms with van der Waals surface area (Å²) in [4.78, 5) is 21.9. The Morgan fingerprint density at radius 2 is 1.66 bits per heavy atom. The minimum atomic E-state index is 0.127. The zero-order valence-corrected chi connectivity index (χ0v) is 17.6. The molecule has 2 aromatic rings. The van der Waals surface area contributed by atoms with E-state index in [9.17, 15) is 4.79 Å². The molecule has 0 spiro atoms. The van der Waals surface area contributed by atoms with Crippen LogP contribution in [0.25, 0.3) is 0 Å². The van der Waals surface area contributed by atoms with Gasteiger partial charge in [-0.25, -0.2) is 4.98 Å². The predicted octanol–water partition coefficient (Wildman–Crippen LogP) is 4.37. The Labute approximate surface area is 173 Å². The van der Waals surface area contributed by atoms with Gasteiger partial charge in [0.1, 0.15) is 17.7 Å². The van der Waals surface area contributed by atoms with Gasteiger partial charge in [0.05, 0.1) is 5.56 Å². The van der Waals surface area contributed by atoms with Gasteiger partial charge in [-0.05, 0) is 56.4 Å². The van der Waals surface area contributed by atoms with E-state index in [1.807, 2.05) is 17.0 Å². The van der Waals surface area contributed by atoms with Gasteiger partial charge in [-0.2, -0.15) is 0 Å². The molecule has 5 heteroatoms. The summed E-state index contributed by atoms with van der Waals surface area (Å²) in [6.07, 6.45) is 7.28. The van der Waals surface area contributed by atoms with E-state index in [-0.39, 0.29) is 12.0 Å². The summed E-state index contributed by atoms with van der Waals surface area (Å²) in [5.74, 6) is 1.97. The average molecular weight is 394 g/mol. The van der Waals surface area contributed by atoms with Gasteiger partial charge in [-0.15, -0.1) is 0 Å². The number of anilines is 1. The summed E-state index contributed by atoms with van der Waals surface area (Å²) < 4.78 is 6.35. The highest BCUT2D eigenvalue weighted by Gasteiger charge is 2.27. The first-order valence-corrected chi connectivity index (χ1v) is 10.9. The third-order valence-corrected chi connectivity index (χ3v) is 6.10. The van der Waals surface area contributed by atoms with E-state index >= 15 is 0 Å². The predicted molar refractivity (Wildman–Crippen MR) is 116 cm³/mol. The molecule has 2 aliphatic rings. The van der Waals surface area contributed by atoms with Gasteiger partial charge in [0.25, 0.3) is 5.91 Å². The Morgan fingerprint density at radius 3 is 2.34 bits per heavy atom. The van der Waals surface area contributed by atoms with E-state index in [0.29, 0.717) is 0 Å². The number of amides is 1. The molecule has 0 saturated carbocycles.